The summed E-state index contributed by atoms with van der Waals surface area (Å²) in [6, 6.07) is 0.117. The summed E-state index contributed by atoms with van der Waals surface area (Å²) in [6.07, 6.45) is 8.78. The second kappa shape index (κ2) is 7.89. The van der Waals surface area contributed by atoms with Gasteiger partial charge in [0.15, 0.2) is 0 Å². The molecule has 0 bridgehead atoms. The first kappa shape index (κ1) is 17.7. The lowest BCUT2D eigenvalue weighted by Crippen LogP contribution is -2.47. The zero-order valence-corrected chi connectivity index (χ0v) is 15.3. The number of aromatic amines is 2. The number of carbonyl (C=O) groups excluding carboxylic acids is 2. The highest BCUT2D eigenvalue weighted by Crippen LogP contribution is 2.29. The number of piperidine rings is 1. The third-order valence-corrected chi connectivity index (χ3v) is 5.56. The molecule has 2 amide bonds. The van der Waals surface area contributed by atoms with Gasteiger partial charge in [-0.05, 0) is 38.5 Å². The average molecular weight is 371 g/mol. The van der Waals surface area contributed by atoms with Crippen LogP contribution < -0.4 is 5.32 Å². The predicted octanol–water partition coefficient (Wildman–Crippen LogP) is 0.688. The molecule has 144 valence electrons. The number of imidazole rings is 1. The van der Waals surface area contributed by atoms with Gasteiger partial charge in [-0.25, -0.2) is 4.98 Å². The number of rotatable bonds is 5. The van der Waals surface area contributed by atoms with Crippen LogP contribution in [-0.4, -0.2) is 61.2 Å². The topological polar surface area (TPSA) is 120 Å². The Bertz CT molecular complexity index is 777. The summed E-state index contributed by atoms with van der Waals surface area (Å²) < 4.78 is 0. The maximum absolute atomic E-state index is 12.7. The minimum absolute atomic E-state index is 0.0360. The van der Waals surface area contributed by atoms with E-state index in [9.17, 15) is 9.59 Å². The Morgan fingerprint density at radius 1 is 1.22 bits per heavy atom. The second-order valence-electron chi connectivity index (χ2n) is 7.34. The highest BCUT2D eigenvalue weighted by atomic mass is 16.2. The number of likely N-dealkylation sites (tertiary alicyclic amines) is 1. The molecule has 9 nitrogen and oxygen atoms in total. The summed E-state index contributed by atoms with van der Waals surface area (Å²) >= 11 is 0. The molecule has 0 spiro atoms. The van der Waals surface area contributed by atoms with Crippen LogP contribution in [0.25, 0.3) is 0 Å². The first-order valence-electron chi connectivity index (χ1n) is 9.65. The number of hydrogen-bond acceptors (Lipinski definition) is 5. The van der Waals surface area contributed by atoms with Crippen LogP contribution in [0.3, 0.4) is 0 Å². The molecule has 1 fully saturated rings. The second-order valence-corrected chi connectivity index (χ2v) is 7.34. The molecule has 3 heterocycles. The Hall–Kier alpha value is -2.71. The van der Waals surface area contributed by atoms with Crippen molar-refractivity contribution in [1.29, 1.82) is 0 Å². The van der Waals surface area contributed by atoms with Crippen LogP contribution in [0.2, 0.25) is 0 Å². The van der Waals surface area contributed by atoms with E-state index >= 15 is 0 Å². The predicted molar refractivity (Wildman–Crippen MR) is 96.7 cm³/mol. The van der Waals surface area contributed by atoms with Crippen LogP contribution in [0.1, 0.15) is 55.1 Å². The van der Waals surface area contributed by atoms with Gasteiger partial charge < -0.3 is 15.2 Å². The van der Waals surface area contributed by atoms with Crippen molar-refractivity contribution < 1.29 is 9.59 Å². The lowest BCUT2D eigenvalue weighted by atomic mass is 9.88. The van der Waals surface area contributed by atoms with Gasteiger partial charge in [-0.15, -0.1) is 0 Å². The maximum atomic E-state index is 12.7. The van der Waals surface area contributed by atoms with Crippen LogP contribution in [0.4, 0.5) is 0 Å². The number of nitrogens with one attached hydrogen (secondary N) is 3. The molecule has 2 aliphatic rings. The normalized spacial score (nSPS) is 20.3. The Balaban J connectivity index is 1.24. The van der Waals surface area contributed by atoms with E-state index in [0.717, 1.165) is 49.2 Å². The number of carbonyl (C=O) groups is 2. The number of nitrogens with zero attached hydrogens (tertiary/aromatic N) is 4. The Kier molecular flexibility index (Phi) is 5.17. The Labute approximate surface area is 157 Å². The van der Waals surface area contributed by atoms with Crippen molar-refractivity contribution in [2.75, 3.05) is 13.1 Å². The molecule has 0 radical (unpaired) electrons. The molecule has 1 aliphatic carbocycles. The molecular formula is C18H25N7O2. The Morgan fingerprint density at radius 3 is 2.85 bits per heavy atom. The molecule has 4 rings (SSSR count). The summed E-state index contributed by atoms with van der Waals surface area (Å²) in [5, 5.41) is 14.1. The van der Waals surface area contributed by atoms with E-state index in [-0.39, 0.29) is 23.8 Å². The van der Waals surface area contributed by atoms with Gasteiger partial charge in [0.05, 0.1) is 23.6 Å². The first-order valence-corrected chi connectivity index (χ1v) is 9.65. The van der Waals surface area contributed by atoms with Gasteiger partial charge in [0.25, 0.3) is 0 Å². The fourth-order valence-electron chi connectivity index (χ4n) is 3.99. The van der Waals surface area contributed by atoms with E-state index in [4.69, 9.17) is 0 Å². The molecule has 1 aliphatic heterocycles. The Morgan fingerprint density at radius 2 is 2.07 bits per heavy atom. The molecule has 2 aromatic heterocycles. The van der Waals surface area contributed by atoms with Crippen LogP contribution in [0.5, 0.6) is 0 Å². The van der Waals surface area contributed by atoms with E-state index < -0.39 is 0 Å². The smallest absolute Gasteiger partial charge is 0.229 e. The number of H-pyrrole nitrogens is 2. The van der Waals surface area contributed by atoms with Crippen molar-refractivity contribution >= 4 is 11.8 Å². The minimum atomic E-state index is -0.207. The van der Waals surface area contributed by atoms with E-state index in [0.29, 0.717) is 25.9 Å². The molecule has 1 saturated heterocycles. The van der Waals surface area contributed by atoms with Crippen LogP contribution in [-0.2, 0) is 22.4 Å². The van der Waals surface area contributed by atoms with Gasteiger partial charge >= 0.3 is 0 Å². The molecule has 9 heteroatoms. The molecule has 0 saturated carbocycles. The number of aromatic nitrogens is 5. The summed E-state index contributed by atoms with van der Waals surface area (Å²) in [7, 11) is 0. The number of aryl methyl sites for hydroxylation is 2. The SMILES string of the molecule is O=C(NC1CCN(C(=O)CCc2cnc[nH]2)CC1)C1CCCc2n[nH]nc21. The summed E-state index contributed by atoms with van der Waals surface area (Å²) in [5.74, 6) is -0.00988. The quantitative estimate of drug-likeness (QED) is 0.714. The maximum Gasteiger partial charge on any atom is 0.229 e. The van der Waals surface area contributed by atoms with E-state index in [1.54, 1.807) is 12.5 Å². The molecule has 0 aromatic carbocycles. The average Bonchev–Trinajstić information content (AvgIpc) is 3.38. The number of fused-ring (bicyclic) bond motifs is 1. The molecule has 1 atom stereocenters. The molecular weight excluding hydrogens is 346 g/mol. The van der Waals surface area contributed by atoms with Gasteiger partial charge in [0.2, 0.25) is 11.8 Å². The highest BCUT2D eigenvalue weighted by Gasteiger charge is 2.32. The molecule has 1 unspecified atom stereocenters. The summed E-state index contributed by atoms with van der Waals surface area (Å²) in [5.41, 5.74) is 2.69. The van der Waals surface area contributed by atoms with Crippen molar-refractivity contribution in [1.82, 2.24) is 35.6 Å². The van der Waals surface area contributed by atoms with Gasteiger partial charge in [-0.3, -0.25) is 9.59 Å². The zero-order valence-electron chi connectivity index (χ0n) is 15.3. The van der Waals surface area contributed by atoms with Gasteiger partial charge in [-0.2, -0.15) is 15.4 Å². The lowest BCUT2D eigenvalue weighted by molar-refractivity contribution is -0.132. The fourth-order valence-corrected chi connectivity index (χ4v) is 3.99. The van der Waals surface area contributed by atoms with Crippen LogP contribution >= 0.6 is 0 Å². The number of amides is 2. The van der Waals surface area contributed by atoms with Gasteiger partial charge in [-0.1, -0.05) is 0 Å². The number of hydrogen-bond donors (Lipinski definition) is 3. The fraction of sp³-hybridized carbons (Fsp3) is 0.611. The summed E-state index contributed by atoms with van der Waals surface area (Å²) in [6.45, 7) is 1.37. The van der Waals surface area contributed by atoms with E-state index in [1.807, 2.05) is 4.90 Å². The van der Waals surface area contributed by atoms with Crippen molar-refractivity contribution in [3.63, 3.8) is 0 Å². The highest BCUT2D eigenvalue weighted by molar-refractivity contribution is 5.84. The van der Waals surface area contributed by atoms with Crippen molar-refractivity contribution in [2.24, 2.45) is 0 Å². The third kappa shape index (κ3) is 4.01. The van der Waals surface area contributed by atoms with Crippen LogP contribution in [0, 0.1) is 0 Å². The van der Waals surface area contributed by atoms with E-state index in [1.165, 1.54) is 0 Å². The first-order chi connectivity index (χ1) is 13.2. The van der Waals surface area contributed by atoms with Crippen molar-refractivity contribution in [3.05, 3.63) is 29.6 Å². The lowest BCUT2D eigenvalue weighted by Gasteiger charge is -2.33. The zero-order chi connectivity index (χ0) is 18.6. The van der Waals surface area contributed by atoms with Crippen molar-refractivity contribution in [3.8, 4) is 0 Å². The van der Waals surface area contributed by atoms with Crippen LogP contribution in [0.15, 0.2) is 12.5 Å². The third-order valence-electron chi connectivity index (χ3n) is 5.56. The van der Waals surface area contributed by atoms with Gasteiger partial charge in [0.1, 0.15) is 0 Å². The van der Waals surface area contributed by atoms with E-state index in [2.05, 4.69) is 30.7 Å². The van der Waals surface area contributed by atoms with Crippen molar-refractivity contribution in [2.45, 2.75) is 56.9 Å². The minimum Gasteiger partial charge on any atom is -0.353 e. The molecule has 27 heavy (non-hydrogen) atoms. The monoisotopic (exact) mass is 371 g/mol. The molecule has 3 N–H and O–H groups in total. The van der Waals surface area contributed by atoms with Gasteiger partial charge in [0, 0.05) is 37.4 Å². The molecule has 2 aromatic rings. The summed E-state index contributed by atoms with van der Waals surface area (Å²) in [4.78, 5) is 33.9. The largest absolute Gasteiger partial charge is 0.353 e. The standard InChI is InChI=1S/C18H25N7O2/c26-16(5-4-13-10-19-11-20-13)25-8-6-12(7-9-25)21-18(27)14-2-1-3-15-17(14)23-24-22-15/h10-12,14H,1-9H2,(H,19,20)(H,21,27)(H,22,23,24).